The monoisotopic (exact) mass is 477 g/mol. The molecule has 0 bridgehead atoms. The topological polar surface area (TPSA) is 109 Å². The van der Waals surface area contributed by atoms with Gasteiger partial charge in [0.1, 0.15) is 17.0 Å². The number of aromatic nitrogens is 1. The molecule has 1 aromatic heterocycles. The van der Waals surface area contributed by atoms with Gasteiger partial charge in [0.15, 0.2) is 5.13 Å². The van der Waals surface area contributed by atoms with Crippen molar-refractivity contribution < 1.29 is 24.2 Å². The summed E-state index contributed by atoms with van der Waals surface area (Å²) in [6, 6.07) is 16.2. The number of carbonyl (C=O) groups is 3. The highest BCUT2D eigenvalue weighted by atomic mass is 32.1. The van der Waals surface area contributed by atoms with E-state index in [2.05, 4.69) is 22.4 Å². The third-order valence-corrected chi connectivity index (χ3v) is 7.52. The van der Waals surface area contributed by atoms with Crippen LogP contribution in [-0.2, 0) is 9.53 Å². The Morgan fingerprint density at radius 1 is 1.15 bits per heavy atom. The van der Waals surface area contributed by atoms with Crippen molar-refractivity contribution in [2.24, 2.45) is 0 Å². The van der Waals surface area contributed by atoms with E-state index in [4.69, 9.17) is 4.74 Å². The number of carbonyl (C=O) groups excluding carboxylic acids is 2. The van der Waals surface area contributed by atoms with Gasteiger partial charge in [-0.15, -0.1) is 0 Å². The maximum atomic E-state index is 12.9. The Morgan fingerprint density at radius 3 is 2.44 bits per heavy atom. The van der Waals surface area contributed by atoms with Gasteiger partial charge in [0.05, 0.1) is 6.20 Å². The molecule has 2 aromatic carbocycles. The predicted molar refractivity (Wildman–Crippen MR) is 127 cm³/mol. The first-order valence-electron chi connectivity index (χ1n) is 11.0. The van der Waals surface area contributed by atoms with Gasteiger partial charge >= 0.3 is 12.1 Å². The fourth-order valence-corrected chi connectivity index (χ4v) is 5.55. The highest BCUT2D eigenvalue weighted by Crippen LogP contribution is 2.44. The van der Waals surface area contributed by atoms with Crippen molar-refractivity contribution in [3.05, 3.63) is 70.7 Å². The Labute approximate surface area is 200 Å². The van der Waals surface area contributed by atoms with Gasteiger partial charge in [-0.2, -0.15) is 0 Å². The molecule has 174 valence electrons. The van der Waals surface area contributed by atoms with Gasteiger partial charge < -0.3 is 14.7 Å². The van der Waals surface area contributed by atoms with Crippen molar-refractivity contribution in [2.45, 2.75) is 31.2 Å². The number of rotatable bonds is 5. The van der Waals surface area contributed by atoms with Crippen LogP contribution in [0.15, 0.2) is 54.7 Å². The maximum absolute atomic E-state index is 12.9. The Balaban J connectivity index is 1.24. The Morgan fingerprint density at radius 2 is 1.79 bits per heavy atom. The fraction of sp³-hybridized carbons (Fsp3) is 0.280. The minimum Gasteiger partial charge on any atom is -0.480 e. The third-order valence-electron chi connectivity index (χ3n) is 6.62. The molecule has 2 heterocycles. The maximum Gasteiger partial charge on any atom is 0.413 e. The quantitative estimate of drug-likeness (QED) is 0.557. The molecule has 34 heavy (non-hydrogen) atoms. The minimum absolute atomic E-state index is 0.0598. The van der Waals surface area contributed by atoms with Crippen LogP contribution < -0.4 is 5.32 Å². The number of anilines is 1. The summed E-state index contributed by atoms with van der Waals surface area (Å²) >= 11 is 0.997. The molecule has 1 aliphatic carbocycles. The number of amides is 2. The normalized spacial score (nSPS) is 18.9. The minimum atomic E-state index is -1.23. The summed E-state index contributed by atoms with van der Waals surface area (Å²) in [6.07, 6.45) is 1.72. The summed E-state index contributed by atoms with van der Waals surface area (Å²) in [4.78, 5) is 42.8. The van der Waals surface area contributed by atoms with E-state index in [1.165, 1.54) is 11.1 Å². The highest BCUT2D eigenvalue weighted by molar-refractivity contribution is 7.17. The number of carboxylic acid groups (broad SMARTS) is 1. The molecule has 0 saturated carbocycles. The first-order chi connectivity index (χ1) is 16.4. The van der Waals surface area contributed by atoms with Gasteiger partial charge in [0, 0.05) is 12.5 Å². The van der Waals surface area contributed by atoms with Crippen molar-refractivity contribution in [3.63, 3.8) is 0 Å². The van der Waals surface area contributed by atoms with Gasteiger partial charge in [0.25, 0.3) is 5.91 Å². The Hall–Kier alpha value is -3.72. The van der Waals surface area contributed by atoms with Crippen molar-refractivity contribution in [3.8, 4) is 11.1 Å². The first-order valence-corrected chi connectivity index (χ1v) is 11.8. The second kappa shape index (κ2) is 8.57. The average Bonchev–Trinajstić information content (AvgIpc) is 3.54. The van der Waals surface area contributed by atoms with Gasteiger partial charge in [-0.25, -0.2) is 14.6 Å². The van der Waals surface area contributed by atoms with Crippen molar-refractivity contribution in [2.75, 3.05) is 18.5 Å². The lowest BCUT2D eigenvalue weighted by molar-refractivity contribution is -0.147. The van der Waals surface area contributed by atoms with Crippen LogP contribution in [0.5, 0.6) is 0 Å². The first kappa shape index (κ1) is 22.1. The van der Waals surface area contributed by atoms with Crippen LogP contribution in [-0.4, -0.2) is 51.7 Å². The summed E-state index contributed by atoms with van der Waals surface area (Å²) in [7, 11) is 0. The molecule has 1 fully saturated rings. The summed E-state index contributed by atoms with van der Waals surface area (Å²) in [5.74, 6) is -1.49. The molecule has 2 N–H and O–H groups in total. The summed E-state index contributed by atoms with van der Waals surface area (Å²) in [6.45, 7) is 2.09. The zero-order valence-electron chi connectivity index (χ0n) is 18.5. The number of likely N-dealkylation sites (tertiary alicyclic amines) is 1. The Bertz CT molecular complexity index is 1240. The predicted octanol–water partition coefficient (Wildman–Crippen LogP) is 4.58. The van der Waals surface area contributed by atoms with E-state index >= 15 is 0 Å². The summed E-state index contributed by atoms with van der Waals surface area (Å²) in [5, 5.41) is 12.4. The lowest BCUT2D eigenvalue weighted by Crippen LogP contribution is -2.50. The molecule has 8 nitrogen and oxygen atoms in total. The van der Waals surface area contributed by atoms with Crippen LogP contribution in [0.1, 0.15) is 46.5 Å². The molecule has 2 aliphatic rings. The lowest BCUT2D eigenvalue weighted by atomic mass is 9.98. The number of fused-ring (bicyclic) bond motifs is 3. The number of benzene rings is 2. The van der Waals surface area contributed by atoms with Crippen molar-refractivity contribution in [1.82, 2.24) is 9.88 Å². The van der Waals surface area contributed by atoms with E-state index in [-0.39, 0.29) is 22.5 Å². The zero-order valence-corrected chi connectivity index (χ0v) is 19.3. The molecule has 0 unspecified atom stereocenters. The molecule has 0 spiro atoms. The smallest absolute Gasteiger partial charge is 0.413 e. The molecule has 1 atom stereocenters. The van der Waals surface area contributed by atoms with Crippen LogP contribution in [0.25, 0.3) is 11.1 Å². The van der Waals surface area contributed by atoms with Crippen LogP contribution in [0.4, 0.5) is 9.93 Å². The number of nitrogens with one attached hydrogen (secondary N) is 1. The van der Waals surface area contributed by atoms with E-state index < -0.39 is 23.5 Å². The van der Waals surface area contributed by atoms with Crippen molar-refractivity contribution in [1.29, 1.82) is 0 Å². The van der Waals surface area contributed by atoms with E-state index in [0.717, 1.165) is 33.6 Å². The van der Waals surface area contributed by atoms with E-state index in [1.807, 2.05) is 36.4 Å². The number of carboxylic acids is 1. The van der Waals surface area contributed by atoms with E-state index in [1.54, 1.807) is 6.92 Å². The van der Waals surface area contributed by atoms with Gasteiger partial charge in [-0.05, 0) is 42.0 Å². The van der Waals surface area contributed by atoms with Crippen LogP contribution in [0.2, 0.25) is 0 Å². The number of hydrogen-bond donors (Lipinski definition) is 2. The summed E-state index contributed by atoms with van der Waals surface area (Å²) < 4.78 is 5.52. The molecule has 9 heteroatoms. The summed E-state index contributed by atoms with van der Waals surface area (Å²) in [5.41, 5.74) is 3.29. The number of hydrogen-bond acceptors (Lipinski definition) is 6. The molecular formula is C25H23N3O5S. The third kappa shape index (κ3) is 3.71. The average molecular weight is 478 g/mol. The number of nitrogens with zero attached hydrogens (tertiary/aromatic N) is 2. The van der Waals surface area contributed by atoms with Crippen LogP contribution in [0.3, 0.4) is 0 Å². The molecule has 0 radical (unpaired) electrons. The zero-order chi connectivity index (χ0) is 23.9. The number of ether oxygens (including phenoxy) is 1. The molecule has 5 rings (SSSR count). The highest BCUT2D eigenvalue weighted by Gasteiger charge is 2.46. The number of aliphatic carboxylic acids is 1. The van der Waals surface area contributed by atoms with Gasteiger partial charge in [-0.1, -0.05) is 59.9 Å². The van der Waals surface area contributed by atoms with Gasteiger partial charge in [-0.3, -0.25) is 10.1 Å². The molecular weight excluding hydrogens is 454 g/mol. The van der Waals surface area contributed by atoms with Crippen molar-refractivity contribution >= 4 is 34.4 Å². The van der Waals surface area contributed by atoms with Crippen LogP contribution in [0, 0.1) is 0 Å². The SMILES string of the molecule is C[C@]1(C(=O)O)CCCN1C(=O)c1cnc(NC(=O)OCC2c3ccccc3-c3ccccc32)s1. The molecule has 1 aliphatic heterocycles. The van der Waals surface area contributed by atoms with Gasteiger partial charge in [0.2, 0.25) is 0 Å². The second-order valence-electron chi connectivity index (χ2n) is 8.62. The fourth-order valence-electron chi connectivity index (χ4n) is 4.80. The lowest BCUT2D eigenvalue weighted by Gasteiger charge is -2.30. The molecule has 1 saturated heterocycles. The molecule has 2 amide bonds. The van der Waals surface area contributed by atoms with Crippen LogP contribution >= 0.6 is 11.3 Å². The Kier molecular flexibility index (Phi) is 5.57. The van der Waals surface area contributed by atoms with E-state index in [0.29, 0.717) is 19.4 Å². The molecule has 3 aromatic rings. The van der Waals surface area contributed by atoms with E-state index in [9.17, 15) is 19.5 Å². The standard InChI is InChI=1S/C25H23N3O5S/c1-25(22(30)31)11-6-12-28(25)21(29)20-13-26-23(34-20)27-24(32)33-14-19-17-9-4-2-7-15(17)16-8-3-5-10-18(16)19/h2-5,7-10,13,19H,6,11-12,14H2,1H3,(H,30,31)(H,26,27,32)/t25-/m1/s1. The largest absolute Gasteiger partial charge is 0.480 e. The number of thiazole rings is 1. The second-order valence-corrected chi connectivity index (χ2v) is 9.65.